The zero-order valence-electron chi connectivity index (χ0n) is 17.4. The van der Waals surface area contributed by atoms with E-state index in [9.17, 15) is 9.59 Å². The summed E-state index contributed by atoms with van der Waals surface area (Å²) in [7, 11) is 8.47. The van der Waals surface area contributed by atoms with E-state index in [0.717, 1.165) is 25.7 Å². The lowest BCUT2D eigenvalue weighted by Gasteiger charge is -2.19. The molecule has 27 heavy (non-hydrogen) atoms. The third kappa shape index (κ3) is 14.0. The van der Waals surface area contributed by atoms with Crippen molar-refractivity contribution >= 4 is 27.7 Å². The molecule has 0 spiro atoms. The Morgan fingerprint density at radius 3 is 1.93 bits per heavy atom. The average Bonchev–Trinajstić information content (AvgIpc) is 3.26. The van der Waals surface area contributed by atoms with Crippen molar-refractivity contribution in [3.8, 4) is 0 Å². The number of hydrogen-bond acceptors (Lipinski definition) is 6. The van der Waals surface area contributed by atoms with Crippen LogP contribution in [0.4, 0.5) is 0 Å². The van der Waals surface area contributed by atoms with E-state index in [1.54, 1.807) is 0 Å². The van der Waals surface area contributed by atoms with Crippen LogP contribution in [0.5, 0.6) is 0 Å². The van der Waals surface area contributed by atoms with E-state index in [-0.39, 0.29) is 11.8 Å². The van der Waals surface area contributed by atoms with E-state index in [1.807, 2.05) is 0 Å². The third-order valence-corrected chi connectivity index (χ3v) is 5.15. The first-order valence-electron chi connectivity index (χ1n) is 9.55. The minimum Gasteiger partial charge on any atom is -0.370 e. The molecule has 2 rings (SSSR count). The maximum Gasteiger partial charge on any atom is 0.218 e. The van der Waals surface area contributed by atoms with Crippen LogP contribution in [0.25, 0.3) is 0 Å². The molecule has 0 bridgehead atoms. The van der Waals surface area contributed by atoms with Crippen LogP contribution in [0.1, 0.15) is 25.7 Å². The molecule has 2 aliphatic rings. The molecule has 5 N–H and O–H groups in total. The van der Waals surface area contributed by atoms with Crippen molar-refractivity contribution in [1.29, 1.82) is 0 Å². The summed E-state index contributed by atoms with van der Waals surface area (Å²) >= 11 is 3.05. The van der Waals surface area contributed by atoms with Gasteiger partial charge in [0.05, 0.1) is 0 Å². The van der Waals surface area contributed by atoms with Gasteiger partial charge in [0.15, 0.2) is 0 Å². The zero-order valence-corrected chi connectivity index (χ0v) is 19.0. The summed E-state index contributed by atoms with van der Waals surface area (Å²) in [5, 5.41) is 3.98. The van der Waals surface area contributed by atoms with E-state index in [1.165, 1.54) is 25.9 Å². The van der Waals surface area contributed by atoms with Gasteiger partial charge in [-0.2, -0.15) is 0 Å². The summed E-state index contributed by atoms with van der Waals surface area (Å²) in [5.74, 6) is -0.458. The third-order valence-electron chi connectivity index (χ3n) is 4.76. The predicted molar refractivity (Wildman–Crippen MR) is 115 cm³/mol. The standard InChI is InChI=1S/C9H19N3O.C6H14N2.C3H6BrNO/c1-11(2)8-3-5-12(7-8)6-4-9(10)13;1-8(2)6-3-4-7-5-6;4-2-1-3(5)6/h8H,3-7H2,1-2H3,(H2,10,13);6-7H,3-5H2,1-2H3;1-2H2,(H2,5,6)/t8-;6-;/m00./s1. The van der Waals surface area contributed by atoms with Crippen LogP contribution in [-0.2, 0) is 9.59 Å². The minimum atomic E-state index is -0.258. The first-order chi connectivity index (χ1) is 12.7. The van der Waals surface area contributed by atoms with Crippen LogP contribution in [0.15, 0.2) is 0 Å². The molecule has 2 aliphatic heterocycles. The molecule has 2 amide bonds. The Kier molecular flexibility index (Phi) is 14.8. The lowest BCUT2D eigenvalue weighted by Crippen LogP contribution is -2.32. The Bertz CT molecular complexity index is 417. The molecular weight excluding hydrogens is 412 g/mol. The van der Waals surface area contributed by atoms with Gasteiger partial charge in [0.2, 0.25) is 11.8 Å². The highest BCUT2D eigenvalue weighted by molar-refractivity contribution is 9.09. The Balaban J connectivity index is 0.000000413. The highest BCUT2D eigenvalue weighted by Crippen LogP contribution is 2.12. The molecule has 9 heteroatoms. The number of carbonyl (C=O) groups is 2. The number of alkyl halides is 1. The topological polar surface area (TPSA) is 108 Å². The van der Waals surface area contributed by atoms with Gasteiger partial charge < -0.3 is 31.5 Å². The second kappa shape index (κ2) is 15.2. The lowest BCUT2D eigenvalue weighted by atomic mass is 10.2. The van der Waals surface area contributed by atoms with Crippen molar-refractivity contribution in [3.63, 3.8) is 0 Å². The molecule has 0 aromatic rings. The van der Waals surface area contributed by atoms with Crippen molar-refractivity contribution in [2.75, 3.05) is 66.2 Å². The van der Waals surface area contributed by atoms with Crippen LogP contribution in [0.3, 0.4) is 0 Å². The second-order valence-electron chi connectivity index (χ2n) is 7.44. The van der Waals surface area contributed by atoms with Gasteiger partial charge in [-0.15, -0.1) is 0 Å². The second-order valence-corrected chi connectivity index (χ2v) is 8.23. The fraction of sp³-hybridized carbons (Fsp3) is 0.889. The number of nitrogens with two attached hydrogens (primary N) is 2. The Labute approximate surface area is 173 Å². The molecule has 0 aliphatic carbocycles. The van der Waals surface area contributed by atoms with E-state index >= 15 is 0 Å². The smallest absolute Gasteiger partial charge is 0.218 e. The van der Waals surface area contributed by atoms with Gasteiger partial charge in [-0.3, -0.25) is 9.59 Å². The Morgan fingerprint density at radius 2 is 1.63 bits per heavy atom. The molecule has 2 atom stereocenters. The van der Waals surface area contributed by atoms with Gasteiger partial charge in [-0.1, -0.05) is 15.9 Å². The van der Waals surface area contributed by atoms with Crippen molar-refractivity contribution in [3.05, 3.63) is 0 Å². The van der Waals surface area contributed by atoms with E-state index in [2.05, 4.69) is 64.1 Å². The number of halogens is 1. The number of hydrogen-bond donors (Lipinski definition) is 3. The predicted octanol–water partition coefficient (Wildman–Crippen LogP) is -0.336. The van der Waals surface area contributed by atoms with Crippen LogP contribution >= 0.6 is 15.9 Å². The van der Waals surface area contributed by atoms with E-state index in [4.69, 9.17) is 11.5 Å². The van der Waals surface area contributed by atoms with Gasteiger partial charge in [-0.05, 0) is 54.1 Å². The summed E-state index contributed by atoms with van der Waals surface area (Å²) < 4.78 is 0. The maximum absolute atomic E-state index is 10.6. The van der Waals surface area contributed by atoms with E-state index in [0.29, 0.717) is 24.2 Å². The average molecular weight is 451 g/mol. The number of likely N-dealkylation sites (N-methyl/N-ethyl adjacent to an activating group) is 2. The number of carbonyl (C=O) groups excluding carboxylic acids is 2. The first kappa shape index (κ1) is 26.3. The normalized spacial score (nSPS) is 22.2. The molecule has 0 aromatic heterocycles. The number of rotatable bonds is 7. The van der Waals surface area contributed by atoms with Gasteiger partial charge in [0, 0.05) is 49.9 Å². The summed E-state index contributed by atoms with van der Waals surface area (Å²) in [6.45, 7) is 5.35. The largest absolute Gasteiger partial charge is 0.370 e. The number of nitrogens with one attached hydrogen (secondary N) is 1. The molecule has 2 heterocycles. The monoisotopic (exact) mass is 450 g/mol. The van der Waals surface area contributed by atoms with Crippen molar-refractivity contribution in [2.24, 2.45) is 11.5 Å². The van der Waals surface area contributed by atoms with Crippen LogP contribution in [0, 0.1) is 0 Å². The molecule has 0 aromatic carbocycles. The van der Waals surface area contributed by atoms with Gasteiger partial charge in [-0.25, -0.2) is 0 Å². The number of nitrogens with zero attached hydrogens (tertiary/aromatic N) is 3. The van der Waals surface area contributed by atoms with Crippen molar-refractivity contribution in [1.82, 2.24) is 20.0 Å². The Morgan fingerprint density at radius 1 is 1.04 bits per heavy atom. The van der Waals surface area contributed by atoms with Crippen molar-refractivity contribution in [2.45, 2.75) is 37.8 Å². The van der Waals surface area contributed by atoms with Crippen LogP contribution < -0.4 is 16.8 Å². The first-order valence-corrected chi connectivity index (χ1v) is 10.7. The van der Waals surface area contributed by atoms with Crippen molar-refractivity contribution < 1.29 is 9.59 Å². The van der Waals surface area contributed by atoms with Gasteiger partial charge in [0.25, 0.3) is 0 Å². The van der Waals surface area contributed by atoms with Gasteiger partial charge in [0.1, 0.15) is 0 Å². The summed E-state index contributed by atoms with van der Waals surface area (Å²) in [6, 6.07) is 1.43. The highest BCUT2D eigenvalue weighted by Gasteiger charge is 2.23. The maximum atomic E-state index is 10.6. The summed E-state index contributed by atoms with van der Waals surface area (Å²) in [6.07, 6.45) is 3.43. The summed E-state index contributed by atoms with van der Waals surface area (Å²) in [5.41, 5.74) is 9.82. The van der Waals surface area contributed by atoms with Crippen LogP contribution in [-0.4, -0.2) is 105 Å². The highest BCUT2D eigenvalue weighted by atomic mass is 79.9. The lowest BCUT2D eigenvalue weighted by molar-refractivity contribution is -0.118. The fourth-order valence-corrected chi connectivity index (χ4v) is 3.27. The molecule has 0 radical (unpaired) electrons. The number of primary amides is 2. The van der Waals surface area contributed by atoms with E-state index < -0.39 is 0 Å². The molecule has 2 saturated heterocycles. The molecule has 160 valence electrons. The molecule has 8 nitrogen and oxygen atoms in total. The zero-order chi connectivity index (χ0) is 20.8. The molecular formula is C18H39BrN6O2. The summed E-state index contributed by atoms with van der Waals surface area (Å²) in [4.78, 5) is 27.2. The van der Waals surface area contributed by atoms with Gasteiger partial charge >= 0.3 is 0 Å². The number of amides is 2. The number of likely N-dealkylation sites (tertiary alicyclic amines) is 1. The minimum absolute atomic E-state index is 0.201. The SMILES string of the molecule is CN(C)[C@H]1CCN(CCC(N)=O)C1.CN(C)[C@H]1CCNC1.NC(=O)CCBr. The van der Waals surface area contributed by atoms with Crippen LogP contribution in [0.2, 0.25) is 0 Å². The Hall–Kier alpha value is -0.740. The molecule has 0 saturated carbocycles. The molecule has 0 unspecified atom stereocenters. The quantitative estimate of drug-likeness (QED) is 0.458. The fourth-order valence-electron chi connectivity index (χ4n) is 2.88. The molecule has 2 fully saturated rings.